The first kappa shape index (κ1) is 26.4. The molecule has 2 aliphatic carbocycles. The Morgan fingerprint density at radius 2 is 2.00 bits per heavy atom. The van der Waals surface area contributed by atoms with Crippen LogP contribution in [-0.2, 0) is 13.6 Å². The van der Waals surface area contributed by atoms with Crippen LogP contribution in [0.15, 0.2) is 51.8 Å². The lowest BCUT2D eigenvalue weighted by molar-refractivity contribution is 0.0700. The van der Waals surface area contributed by atoms with Crippen molar-refractivity contribution in [3.05, 3.63) is 58.7 Å². The number of likely N-dealkylation sites (tertiary alicyclic amines) is 1. The number of benzene rings is 1. The maximum absolute atomic E-state index is 13.7. The Bertz CT molecular complexity index is 2240. The van der Waals surface area contributed by atoms with E-state index in [2.05, 4.69) is 26.7 Å². The molecule has 6 heterocycles. The van der Waals surface area contributed by atoms with Gasteiger partial charge in [-0.2, -0.15) is 0 Å². The van der Waals surface area contributed by atoms with Gasteiger partial charge in [-0.15, -0.1) is 0 Å². The predicted octanol–water partition coefficient (Wildman–Crippen LogP) is 4.07. The summed E-state index contributed by atoms with van der Waals surface area (Å²) >= 11 is 0. The Hall–Kier alpha value is -4.97. The topological polar surface area (TPSA) is 150 Å². The monoisotopic (exact) mass is 604 g/mol. The first-order valence-corrected chi connectivity index (χ1v) is 15.5. The normalized spacial score (nSPS) is 21.1. The number of piperidine rings is 1. The van der Waals surface area contributed by atoms with Crippen molar-refractivity contribution in [3.63, 3.8) is 0 Å². The van der Waals surface area contributed by atoms with Crippen LogP contribution in [0.5, 0.6) is 5.75 Å². The van der Waals surface area contributed by atoms with Gasteiger partial charge in [-0.1, -0.05) is 0 Å². The molecule has 12 heteroatoms. The van der Waals surface area contributed by atoms with Crippen LogP contribution in [0.4, 0.5) is 0 Å². The van der Waals surface area contributed by atoms with E-state index in [4.69, 9.17) is 24.9 Å². The largest absolute Gasteiger partial charge is 0.494 e. The average Bonchev–Trinajstić information content (AvgIpc) is 3.26. The van der Waals surface area contributed by atoms with Crippen molar-refractivity contribution in [3.8, 4) is 28.5 Å². The van der Waals surface area contributed by atoms with E-state index in [0.717, 1.165) is 58.7 Å². The van der Waals surface area contributed by atoms with Gasteiger partial charge in [0.05, 0.1) is 24.0 Å². The Morgan fingerprint density at radius 3 is 2.76 bits per heavy atom. The zero-order valence-corrected chi connectivity index (χ0v) is 25.0. The molecule has 1 aliphatic heterocycles. The number of nitrogens with two attached hydrogens (primary N) is 1. The number of methoxy groups -OCH3 is 1. The summed E-state index contributed by atoms with van der Waals surface area (Å²) < 4.78 is 15.4. The molecule has 1 amide bonds. The number of imidazole rings is 1. The van der Waals surface area contributed by atoms with Crippen LogP contribution in [0.25, 0.3) is 56.1 Å². The van der Waals surface area contributed by atoms with Gasteiger partial charge in [0.25, 0.3) is 5.91 Å². The quantitative estimate of drug-likeness (QED) is 0.289. The van der Waals surface area contributed by atoms with Crippen LogP contribution in [0.1, 0.15) is 36.0 Å². The van der Waals surface area contributed by atoms with Gasteiger partial charge in [-0.25, -0.2) is 19.7 Å². The SMILES string of the molecule is COc1cc(C(=O)N2CC3CCC2C3N)cc2nc(-c3cc4ccc(-c5cnc6[nH]c(=O)oc6c5)nc4n3CC3CC3)n(C)c12. The van der Waals surface area contributed by atoms with E-state index >= 15 is 0 Å². The fourth-order valence-corrected chi connectivity index (χ4v) is 7.46. The van der Waals surface area contributed by atoms with Gasteiger partial charge in [-0.3, -0.25) is 9.78 Å². The van der Waals surface area contributed by atoms with Crippen molar-refractivity contribution in [1.29, 1.82) is 0 Å². The van der Waals surface area contributed by atoms with Crippen LogP contribution in [-0.4, -0.2) is 65.6 Å². The van der Waals surface area contributed by atoms with Crippen molar-refractivity contribution in [2.75, 3.05) is 13.7 Å². The van der Waals surface area contributed by atoms with Gasteiger partial charge in [0.15, 0.2) is 17.1 Å². The number of aryl methyl sites for hydroxylation is 1. The molecule has 3 N–H and O–H groups in total. The minimum atomic E-state index is -0.538. The second-order valence-electron chi connectivity index (χ2n) is 12.8. The molecular weight excluding hydrogens is 572 g/mol. The molecule has 2 bridgehead atoms. The van der Waals surface area contributed by atoms with Gasteiger partial charge in [0, 0.05) is 54.9 Å². The number of H-pyrrole nitrogens is 1. The summed E-state index contributed by atoms with van der Waals surface area (Å²) in [7, 11) is 3.61. The number of hydrogen-bond donors (Lipinski definition) is 2. The highest BCUT2D eigenvalue weighted by Gasteiger charge is 2.47. The molecule has 9 rings (SSSR count). The van der Waals surface area contributed by atoms with Crippen molar-refractivity contribution in [2.45, 2.75) is 44.3 Å². The molecule has 0 spiro atoms. The third kappa shape index (κ3) is 4.04. The molecule has 3 unspecified atom stereocenters. The molecule has 1 aromatic carbocycles. The molecule has 3 fully saturated rings. The lowest BCUT2D eigenvalue weighted by Gasteiger charge is -2.27. The lowest BCUT2D eigenvalue weighted by Crippen LogP contribution is -2.41. The van der Waals surface area contributed by atoms with E-state index in [9.17, 15) is 9.59 Å². The minimum absolute atomic E-state index is 0.0174. The number of nitrogens with one attached hydrogen (secondary N) is 1. The number of carbonyl (C=O) groups is 1. The number of aromatic amines is 1. The summed E-state index contributed by atoms with van der Waals surface area (Å²) in [6.07, 6.45) is 6.09. The van der Waals surface area contributed by atoms with Gasteiger partial charge in [0.2, 0.25) is 0 Å². The molecule has 45 heavy (non-hydrogen) atoms. The zero-order valence-electron chi connectivity index (χ0n) is 25.0. The molecule has 1 saturated heterocycles. The number of ether oxygens (including phenoxy) is 1. The second-order valence-corrected chi connectivity index (χ2v) is 12.8. The summed E-state index contributed by atoms with van der Waals surface area (Å²) in [6.45, 7) is 1.53. The summed E-state index contributed by atoms with van der Waals surface area (Å²) in [5.74, 6) is 1.78. The van der Waals surface area contributed by atoms with E-state index in [1.807, 2.05) is 34.7 Å². The number of rotatable bonds is 6. The molecule has 6 aromatic rings. The molecule has 5 aromatic heterocycles. The highest BCUT2D eigenvalue weighted by Crippen LogP contribution is 2.40. The summed E-state index contributed by atoms with van der Waals surface area (Å²) in [5.41, 5.74) is 12.6. The van der Waals surface area contributed by atoms with Gasteiger partial charge in [0.1, 0.15) is 16.9 Å². The van der Waals surface area contributed by atoms with Gasteiger partial charge < -0.3 is 28.9 Å². The molecular formula is C33H32N8O4. The van der Waals surface area contributed by atoms with Crippen molar-refractivity contribution >= 4 is 39.2 Å². The smallest absolute Gasteiger partial charge is 0.418 e. The Labute approximate surface area is 256 Å². The van der Waals surface area contributed by atoms with Crippen molar-refractivity contribution in [2.24, 2.45) is 24.6 Å². The van der Waals surface area contributed by atoms with E-state index in [0.29, 0.717) is 46.4 Å². The van der Waals surface area contributed by atoms with Gasteiger partial charge in [-0.05, 0) is 73.9 Å². The highest BCUT2D eigenvalue weighted by atomic mass is 16.5. The Morgan fingerprint density at radius 1 is 1.13 bits per heavy atom. The molecule has 3 aliphatic rings. The van der Waals surface area contributed by atoms with E-state index in [1.54, 1.807) is 19.4 Å². The van der Waals surface area contributed by atoms with E-state index in [1.165, 1.54) is 12.8 Å². The van der Waals surface area contributed by atoms with Gasteiger partial charge >= 0.3 is 5.76 Å². The maximum atomic E-state index is 13.7. The number of oxazole rings is 1. The molecule has 12 nitrogen and oxygen atoms in total. The Balaban J connectivity index is 1.16. The average molecular weight is 605 g/mol. The number of aromatic nitrogens is 6. The predicted molar refractivity (Wildman–Crippen MR) is 168 cm³/mol. The summed E-state index contributed by atoms with van der Waals surface area (Å²) in [5, 5.41) is 0.993. The fourth-order valence-electron chi connectivity index (χ4n) is 7.46. The van der Waals surface area contributed by atoms with Crippen LogP contribution >= 0.6 is 0 Å². The number of nitrogens with zero attached hydrogens (tertiary/aromatic N) is 6. The maximum Gasteiger partial charge on any atom is 0.418 e. The standard InChI is InChI=1S/C33H32N8O4/c1-39-28-22(9-19(11-25(28)44-2)32(42)41-15-18-6-8-23(41)27(18)34)37-31(39)24-10-17-5-7-21(36-30(17)40(24)14-16-3-4-16)20-12-26-29(35-13-20)38-33(43)45-26/h5,7,9-13,16,18,23,27H,3-4,6,8,14-15,34H2,1-2H3,(H,35,38,43). The summed E-state index contributed by atoms with van der Waals surface area (Å²) in [6, 6.07) is 11.8. The first-order valence-electron chi connectivity index (χ1n) is 15.5. The molecule has 3 atom stereocenters. The van der Waals surface area contributed by atoms with E-state index < -0.39 is 5.76 Å². The third-order valence-electron chi connectivity index (χ3n) is 10.00. The van der Waals surface area contributed by atoms with E-state index in [-0.39, 0.29) is 18.0 Å². The second kappa shape index (κ2) is 9.51. The van der Waals surface area contributed by atoms with Crippen LogP contribution in [0.3, 0.4) is 0 Å². The Kier molecular flexibility index (Phi) is 5.59. The number of hydrogen-bond acceptors (Lipinski definition) is 8. The molecule has 2 saturated carbocycles. The fraction of sp³-hybridized carbons (Fsp3) is 0.364. The third-order valence-corrected chi connectivity index (χ3v) is 10.00. The lowest BCUT2D eigenvalue weighted by atomic mass is 10.1. The van der Waals surface area contributed by atoms with Crippen LogP contribution in [0.2, 0.25) is 0 Å². The number of fused-ring (bicyclic) bond motifs is 5. The number of pyridine rings is 2. The van der Waals surface area contributed by atoms with Crippen molar-refractivity contribution in [1.82, 2.24) is 34.0 Å². The minimum Gasteiger partial charge on any atom is -0.494 e. The summed E-state index contributed by atoms with van der Waals surface area (Å²) in [4.78, 5) is 44.4. The molecule has 228 valence electrons. The number of amides is 1. The van der Waals surface area contributed by atoms with Crippen LogP contribution < -0.4 is 16.2 Å². The zero-order chi connectivity index (χ0) is 30.6. The highest BCUT2D eigenvalue weighted by molar-refractivity contribution is 6.00. The van der Waals surface area contributed by atoms with Crippen LogP contribution in [0, 0.1) is 11.8 Å². The molecule has 0 radical (unpaired) electrons. The van der Waals surface area contributed by atoms with Crippen molar-refractivity contribution < 1.29 is 13.9 Å². The number of carbonyl (C=O) groups excluding carboxylic acids is 1. The first-order chi connectivity index (χ1) is 21.9.